The molecule has 2 heterocycles. The van der Waals surface area contributed by atoms with E-state index < -0.39 is 17.7 Å². The maximum atomic E-state index is 14.2. The zero-order valence-corrected chi connectivity index (χ0v) is 28.0. The largest absolute Gasteiger partial charge is 0.465 e. The van der Waals surface area contributed by atoms with E-state index in [1.54, 1.807) is 7.11 Å². The molecule has 2 N–H and O–H groups in total. The molecular formula is C38H47N5O4. The minimum atomic E-state index is -0.991. The summed E-state index contributed by atoms with van der Waals surface area (Å²) in [4.78, 5) is 35.2. The molecule has 1 aliphatic heterocycles. The van der Waals surface area contributed by atoms with Crippen molar-refractivity contribution in [3.05, 3.63) is 89.7 Å². The molecule has 0 bridgehead atoms. The molecule has 9 heteroatoms. The van der Waals surface area contributed by atoms with Crippen molar-refractivity contribution in [1.29, 1.82) is 0 Å². The molecule has 0 spiro atoms. The van der Waals surface area contributed by atoms with Gasteiger partial charge in [0.25, 0.3) is 0 Å². The van der Waals surface area contributed by atoms with Crippen LogP contribution in [0.4, 0.5) is 4.79 Å². The van der Waals surface area contributed by atoms with Gasteiger partial charge in [0.1, 0.15) is 5.82 Å². The molecule has 1 fully saturated rings. The van der Waals surface area contributed by atoms with Gasteiger partial charge in [-0.15, -0.1) is 0 Å². The van der Waals surface area contributed by atoms with Crippen LogP contribution in [0.3, 0.4) is 0 Å². The number of amides is 2. The summed E-state index contributed by atoms with van der Waals surface area (Å²) in [5.74, 6) is 1.18. The third-order valence-corrected chi connectivity index (χ3v) is 9.65. The lowest BCUT2D eigenvalue weighted by Crippen LogP contribution is -2.53. The van der Waals surface area contributed by atoms with E-state index in [1.807, 2.05) is 62.1 Å². The summed E-state index contributed by atoms with van der Waals surface area (Å²) in [7, 11) is 1.72. The van der Waals surface area contributed by atoms with E-state index in [1.165, 1.54) is 16.0 Å². The van der Waals surface area contributed by atoms with Crippen LogP contribution in [0.25, 0.3) is 22.2 Å². The van der Waals surface area contributed by atoms with E-state index in [0.717, 1.165) is 53.8 Å². The highest BCUT2D eigenvalue weighted by Gasteiger charge is 2.36. The molecule has 3 aromatic carbocycles. The minimum Gasteiger partial charge on any atom is -0.465 e. The number of carbonyl (C=O) groups excluding carboxylic acids is 1. The third kappa shape index (κ3) is 6.92. The Morgan fingerprint density at radius 2 is 1.68 bits per heavy atom. The van der Waals surface area contributed by atoms with Gasteiger partial charge in [0, 0.05) is 63.8 Å². The van der Waals surface area contributed by atoms with Gasteiger partial charge in [-0.1, -0.05) is 60.7 Å². The quantitative estimate of drug-likeness (QED) is 0.178. The summed E-state index contributed by atoms with van der Waals surface area (Å²) in [6.45, 7) is 8.64. The predicted octanol–water partition coefficient (Wildman–Crippen LogP) is 6.68. The lowest BCUT2D eigenvalue weighted by atomic mass is 9.96. The van der Waals surface area contributed by atoms with Gasteiger partial charge in [-0.2, -0.15) is 0 Å². The summed E-state index contributed by atoms with van der Waals surface area (Å²) in [6, 6.07) is 24.4. The third-order valence-electron chi connectivity index (χ3n) is 9.65. The summed E-state index contributed by atoms with van der Waals surface area (Å²) in [5, 5.41) is 14.0. The van der Waals surface area contributed by atoms with Gasteiger partial charge >= 0.3 is 6.09 Å². The highest BCUT2D eigenvalue weighted by Crippen LogP contribution is 2.43. The van der Waals surface area contributed by atoms with Crippen molar-refractivity contribution in [1.82, 2.24) is 24.7 Å². The van der Waals surface area contributed by atoms with Crippen LogP contribution in [0.15, 0.2) is 72.8 Å². The fourth-order valence-corrected chi connectivity index (χ4v) is 7.37. The number of rotatable bonds is 11. The number of imidazole rings is 1. The van der Waals surface area contributed by atoms with Crippen molar-refractivity contribution in [2.45, 2.75) is 76.5 Å². The molecule has 4 aromatic rings. The fraction of sp³-hybridized carbons (Fsp3) is 0.447. The number of para-hydroxylation sites is 2. The van der Waals surface area contributed by atoms with Crippen molar-refractivity contribution in [3.8, 4) is 11.1 Å². The second kappa shape index (κ2) is 13.9. The number of fused-ring (bicyclic) bond motifs is 4. The van der Waals surface area contributed by atoms with E-state index >= 15 is 0 Å². The first-order valence-electron chi connectivity index (χ1n) is 16.8. The van der Waals surface area contributed by atoms with Crippen LogP contribution in [0, 0.1) is 0 Å². The molecule has 0 saturated carbocycles. The number of hydrogen-bond donors (Lipinski definition) is 2. The van der Waals surface area contributed by atoms with Gasteiger partial charge in [-0.3, -0.25) is 4.79 Å². The molecule has 1 aromatic heterocycles. The number of aryl methyl sites for hydroxylation is 1. The smallest absolute Gasteiger partial charge is 0.407 e. The zero-order valence-electron chi connectivity index (χ0n) is 28.0. The Morgan fingerprint density at radius 3 is 2.34 bits per heavy atom. The highest BCUT2D eigenvalue weighted by molar-refractivity contribution is 5.80. The summed E-state index contributed by atoms with van der Waals surface area (Å²) in [5.41, 5.74) is 6.09. The Kier molecular flexibility index (Phi) is 9.66. The second-order valence-electron chi connectivity index (χ2n) is 13.9. The Hall–Kier alpha value is -4.21. The molecule has 2 atom stereocenters. The number of ether oxygens (including phenoxy) is 1. The molecule has 9 nitrogen and oxygen atoms in total. The van der Waals surface area contributed by atoms with E-state index in [4.69, 9.17) is 9.72 Å². The zero-order chi connectivity index (χ0) is 33.1. The van der Waals surface area contributed by atoms with Crippen LogP contribution >= 0.6 is 0 Å². The SMILES string of the molecule is COCCCn1c([C@@H]2CCCN(C(=O)C[C@@H](CN(C(=O)O)C(C)(C)C)NC3c4ccccc4-c4ccccc43)C2)nc2ccccc21. The van der Waals surface area contributed by atoms with Crippen LogP contribution in [-0.4, -0.2) is 81.4 Å². The fourth-order valence-electron chi connectivity index (χ4n) is 7.37. The van der Waals surface area contributed by atoms with Crippen molar-refractivity contribution in [2.24, 2.45) is 0 Å². The monoisotopic (exact) mass is 637 g/mol. The first kappa shape index (κ1) is 32.7. The molecule has 2 amide bonds. The van der Waals surface area contributed by atoms with Gasteiger partial charge in [0.05, 0.1) is 17.1 Å². The standard InChI is InChI=1S/C38H47N5O4/c1-38(2,3)43(37(45)46)25-27(39-35-30-16-7-5-14-28(30)29-15-6-8-17-31(29)35)23-34(44)41-20-11-13-26(24-41)36-40-32-18-9-10-19-33(32)42(36)21-12-22-47-4/h5-10,14-19,26-27,35,39H,11-13,20-25H2,1-4H3,(H,45,46)/t26-,27+/m1/s1. The summed E-state index contributed by atoms with van der Waals surface area (Å²) >= 11 is 0. The van der Waals surface area contributed by atoms with E-state index in [0.29, 0.717) is 19.7 Å². The number of carboxylic acid groups (broad SMARTS) is 1. The van der Waals surface area contributed by atoms with E-state index in [2.05, 4.69) is 46.3 Å². The Bertz CT molecular complexity index is 1680. The molecule has 6 rings (SSSR count). The van der Waals surface area contributed by atoms with E-state index in [9.17, 15) is 14.7 Å². The molecule has 248 valence electrons. The van der Waals surface area contributed by atoms with Gasteiger partial charge in [0.2, 0.25) is 5.91 Å². The van der Waals surface area contributed by atoms with Crippen molar-refractivity contribution >= 4 is 23.0 Å². The van der Waals surface area contributed by atoms with Gasteiger partial charge in [0.15, 0.2) is 0 Å². The predicted molar refractivity (Wildman–Crippen MR) is 185 cm³/mol. The van der Waals surface area contributed by atoms with Crippen molar-refractivity contribution in [2.75, 3.05) is 33.4 Å². The normalized spacial score (nSPS) is 17.0. The first-order chi connectivity index (χ1) is 22.7. The Balaban J connectivity index is 1.25. The number of likely N-dealkylation sites (tertiary alicyclic amines) is 1. The molecule has 2 aliphatic rings. The van der Waals surface area contributed by atoms with Crippen LogP contribution in [0.5, 0.6) is 0 Å². The minimum absolute atomic E-state index is 0.0352. The van der Waals surface area contributed by atoms with E-state index in [-0.39, 0.29) is 30.8 Å². The molecule has 1 saturated heterocycles. The van der Waals surface area contributed by atoms with Crippen molar-refractivity contribution < 1.29 is 19.4 Å². The first-order valence-corrected chi connectivity index (χ1v) is 16.8. The molecule has 0 radical (unpaired) electrons. The maximum Gasteiger partial charge on any atom is 0.407 e. The number of benzene rings is 3. The van der Waals surface area contributed by atoms with Gasteiger partial charge < -0.3 is 29.5 Å². The topological polar surface area (TPSA) is 99.9 Å². The van der Waals surface area contributed by atoms with Crippen LogP contribution in [0.2, 0.25) is 0 Å². The Morgan fingerprint density at radius 1 is 1.02 bits per heavy atom. The maximum absolute atomic E-state index is 14.2. The van der Waals surface area contributed by atoms with Crippen molar-refractivity contribution in [3.63, 3.8) is 0 Å². The van der Waals surface area contributed by atoms with Crippen LogP contribution in [0.1, 0.15) is 75.4 Å². The number of nitrogens with one attached hydrogen (secondary N) is 1. The average molecular weight is 638 g/mol. The highest BCUT2D eigenvalue weighted by atomic mass is 16.5. The lowest BCUT2D eigenvalue weighted by molar-refractivity contribution is -0.133. The number of carbonyl (C=O) groups is 2. The molecule has 47 heavy (non-hydrogen) atoms. The van der Waals surface area contributed by atoms with Crippen LogP contribution < -0.4 is 5.32 Å². The molecule has 0 unspecified atom stereocenters. The van der Waals surface area contributed by atoms with Gasteiger partial charge in [-0.05, 0) is 74.4 Å². The summed E-state index contributed by atoms with van der Waals surface area (Å²) in [6.07, 6.45) is 1.94. The summed E-state index contributed by atoms with van der Waals surface area (Å²) < 4.78 is 7.65. The number of hydrogen-bond acceptors (Lipinski definition) is 5. The average Bonchev–Trinajstić information content (AvgIpc) is 3.59. The molecular weight excluding hydrogens is 590 g/mol. The Labute approximate surface area is 277 Å². The van der Waals surface area contributed by atoms with Crippen LogP contribution in [-0.2, 0) is 16.1 Å². The number of methoxy groups -OCH3 is 1. The number of piperidine rings is 1. The molecule has 1 aliphatic carbocycles. The van der Waals surface area contributed by atoms with Gasteiger partial charge in [-0.25, -0.2) is 9.78 Å². The lowest BCUT2D eigenvalue weighted by Gasteiger charge is -2.38. The number of aromatic nitrogens is 2. The number of nitrogens with zero attached hydrogens (tertiary/aromatic N) is 4. The second-order valence-corrected chi connectivity index (χ2v) is 13.9.